The summed E-state index contributed by atoms with van der Waals surface area (Å²) in [5.41, 5.74) is 2.04. The lowest BCUT2D eigenvalue weighted by Crippen LogP contribution is -1.89. The molecule has 0 spiro atoms. The Balaban J connectivity index is 2.34. The summed E-state index contributed by atoms with van der Waals surface area (Å²) in [6, 6.07) is 9.35. The number of nitriles is 1. The Kier molecular flexibility index (Phi) is 3.67. The average Bonchev–Trinajstić information content (AvgIpc) is 2.46. The van der Waals surface area contributed by atoms with Crippen LogP contribution in [-0.2, 0) is 0 Å². The Bertz CT molecular complexity index is 583. The maximum Gasteiger partial charge on any atom is 0.137 e. The number of aromatic nitrogens is 2. The molecule has 2 rings (SSSR count). The predicted octanol–water partition coefficient (Wildman–Crippen LogP) is 2.55. The molecule has 0 saturated heterocycles. The third-order valence-corrected chi connectivity index (χ3v) is 2.39. The second kappa shape index (κ2) is 5.60. The highest BCUT2D eigenvalue weighted by atomic mass is 16.5. The third-order valence-electron chi connectivity index (χ3n) is 2.39. The summed E-state index contributed by atoms with van der Waals surface area (Å²) in [5, 5.41) is 9.16. The minimum atomic E-state index is 0.504. The highest BCUT2D eigenvalue weighted by Crippen LogP contribution is 2.17. The first kappa shape index (κ1) is 11.8. The SMILES string of the molecule is COc1ccc(C(C#N)=Cc2ccncc2)nc1. The van der Waals surface area contributed by atoms with Crippen molar-refractivity contribution in [2.24, 2.45) is 0 Å². The lowest BCUT2D eigenvalue weighted by Gasteiger charge is -2.01. The molecule has 0 amide bonds. The van der Waals surface area contributed by atoms with Gasteiger partial charge in [0, 0.05) is 12.4 Å². The van der Waals surface area contributed by atoms with Gasteiger partial charge in [-0.25, -0.2) is 0 Å². The summed E-state index contributed by atoms with van der Waals surface area (Å²) in [6.07, 6.45) is 6.73. The Morgan fingerprint density at radius 1 is 1.28 bits per heavy atom. The summed E-state index contributed by atoms with van der Waals surface area (Å²) in [6.45, 7) is 0. The number of nitrogens with zero attached hydrogens (tertiary/aromatic N) is 3. The number of rotatable bonds is 3. The van der Waals surface area contributed by atoms with Gasteiger partial charge in [-0.3, -0.25) is 9.97 Å². The second-order valence-electron chi connectivity index (χ2n) is 3.53. The van der Waals surface area contributed by atoms with E-state index >= 15 is 0 Å². The number of methoxy groups -OCH3 is 1. The molecule has 0 aromatic carbocycles. The van der Waals surface area contributed by atoms with Gasteiger partial charge in [0.05, 0.1) is 24.6 Å². The minimum absolute atomic E-state index is 0.504. The standard InChI is InChI=1S/C14H11N3O/c1-18-13-2-3-14(17-10-13)12(9-15)8-11-4-6-16-7-5-11/h2-8,10H,1H3. The highest BCUT2D eigenvalue weighted by Gasteiger charge is 2.03. The van der Waals surface area contributed by atoms with Crippen molar-refractivity contribution in [1.82, 2.24) is 9.97 Å². The highest BCUT2D eigenvalue weighted by molar-refractivity contribution is 5.88. The molecule has 0 unspecified atom stereocenters. The van der Waals surface area contributed by atoms with E-state index in [0.29, 0.717) is 17.0 Å². The Hall–Kier alpha value is -2.67. The van der Waals surface area contributed by atoms with Gasteiger partial charge in [-0.15, -0.1) is 0 Å². The van der Waals surface area contributed by atoms with Gasteiger partial charge in [0.15, 0.2) is 0 Å². The first-order chi connectivity index (χ1) is 8.83. The van der Waals surface area contributed by atoms with Crippen molar-refractivity contribution in [3.05, 3.63) is 54.1 Å². The topological polar surface area (TPSA) is 58.8 Å². The van der Waals surface area contributed by atoms with Gasteiger partial charge < -0.3 is 4.74 Å². The van der Waals surface area contributed by atoms with Crippen LogP contribution in [0, 0.1) is 11.3 Å². The number of hydrogen-bond acceptors (Lipinski definition) is 4. The Labute approximate surface area is 105 Å². The van der Waals surface area contributed by atoms with E-state index in [2.05, 4.69) is 16.0 Å². The summed E-state index contributed by atoms with van der Waals surface area (Å²) < 4.78 is 5.03. The third kappa shape index (κ3) is 2.71. The maximum absolute atomic E-state index is 9.16. The predicted molar refractivity (Wildman–Crippen MR) is 68.5 cm³/mol. The first-order valence-corrected chi connectivity index (χ1v) is 5.35. The molecule has 0 atom stereocenters. The fourth-order valence-corrected chi connectivity index (χ4v) is 1.45. The van der Waals surface area contributed by atoms with Crippen molar-refractivity contribution in [2.75, 3.05) is 7.11 Å². The Morgan fingerprint density at radius 2 is 2.06 bits per heavy atom. The number of hydrogen-bond donors (Lipinski definition) is 0. The van der Waals surface area contributed by atoms with Crippen LogP contribution < -0.4 is 4.74 Å². The van der Waals surface area contributed by atoms with Crippen molar-refractivity contribution >= 4 is 11.6 Å². The lowest BCUT2D eigenvalue weighted by molar-refractivity contribution is 0.413. The quantitative estimate of drug-likeness (QED) is 0.770. The maximum atomic E-state index is 9.16. The molecular formula is C14H11N3O. The molecule has 0 fully saturated rings. The molecule has 2 heterocycles. The minimum Gasteiger partial charge on any atom is -0.495 e. The zero-order chi connectivity index (χ0) is 12.8. The van der Waals surface area contributed by atoms with Crippen molar-refractivity contribution in [3.63, 3.8) is 0 Å². The van der Waals surface area contributed by atoms with E-state index < -0.39 is 0 Å². The average molecular weight is 237 g/mol. The van der Waals surface area contributed by atoms with E-state index in [1.165, 1.54) is 0 Å². The molecule has 18 heavy (non-hydrogen) atoms. The molecule has 0 radical (unpaired) electrons. The molecule has 0 aliphatic rings. The van der Waals surface area contributed by atoms with Gasteiger partial charge in [0.2, 0.25) is 0 Å². The van der Waals surface area contributed by atoms with Crippen molar-refractivity contribution in [3.8, 4) is 11.8 Å². The number of ether oxygens (including phenoxy) is 1. The van der Waals surface area contributed by atoms with Gasteiger partial charge in [0.25, 0.3) is 0 Å². The molecule has 2 aromatic heterocycles. The van der Waals surface area contributed by atoms with E-state index in [1.807, 2.05) is 12.1 Å². The normalized spacial score (nSPS) is 10.8. The molecule has 0 saturated carbocycles. The van der Waals surface area contributed by atoms with Crippen LogP contribution in [0.15, 0.2) is 42.9 Å². The van der Waals surface area contributed by atoms with E-state index in [9.17, 15) is 0 Å². The molecule has 2 aromatic rings. The largest absolute Gasteiger partial charge is 0.495 e. The summed E-state index contributed by atoms with van der Waals surface area (Å²) >= 11 is 0. The molecule has 0 aliphatic heterocycles. The lowest BCUT2D eigenvalue weighted by atomic mass is 10.1. The molecule has 0 bridgehead atoms. The van der Waals surface area contributed by atoms with Crippen LogP contribution in [-0.4, -0.2) is 17.1 Å². The zero-order valence-corrected chi connectivity index (χ0v) is 9.87. The van der Waals surface area contributed by atoms with Crippen LogP contribution in [0.4, 0.5) is 0 Å². The molecular weight excluding hydrogens is 226 g/mol. The van der Waals surface area contributed by atoms with Crippen LogP contribution in [0.3, 0.4) is 0 Å². The van der Waals surface area contributed by atoms with E-state index in [-0.39, 0.29) is 0 Å². The van der Waals surface area contributed by atoms with Crippen molar-refractivity contribution < 1.29 is 4.74 Å². The van der Waals surface area contributed by atoms with E-state index in [4.69, 9.17) is 10.00 Å². The summed E-state index contributed by atoms with van der Waals surface area (Å²) in [5.74, 6) is 0.667. The van der Waals surface area contributed by atoms with Gasteiger partial charge >= 0.3 is 0 Å². The molecule has 0 aliphatic carbocycles. The van der Waals surface area contributed by atoms with Gasteiger partial charge in [-0.05, 0) is 35.9 Å². The molecule has 4 nitrogen and oxygen atoms in total. The van der Waals surface area contributed by atoms with Crippen LogP contribution >= 0.6 is 0 Å². The molecule has 4 heteroatoms. The molecule has 0 N–H and O–H groups in total. The van der Waals surface area contributed by atoms with Gasteiger partial charge in [0.1, 0.15) is 11.8 Å². The van der Waals surface area contributed by atoms with E-state index in [1.54, 1.807) is 43.9 Å². The van der Waals surface area contributed by atoms with Crippen LogP contribution in [0.2, 0.25) is 0 Å². The van der Waals surface area contributed by atoms with Crippen molar-refractivity contribution in [2.45, 2.75) is 0 Å². The van der Waals surface area contributed by atoms with Crippen molar-refractivity contribution in [1.29, 1.82) is 5.26 Å². The monoisotopic (exact) mass is 237 g/mol. The van der Waals surface area contributed by atoms with Crippen LogP contribution in [0.1, 0.15) is 11.3 Å². The van der Waals surface area contributed by atoms with Gasteiger partial charge in [-0.2, -0.15) is 5.26 Å². The van der Waals surface area contributed by atoms with Crippen LogP contribution in [0.5, 0.6) is 5.75 Å². The van der Waals surface area contributed by atoms with Crippen LogP contribution in [0.25, 0.3) is 11.6 Å². The number of pyridine rings is 2. The fraction of sp³-hybridized carbons (Fsp3) is 0.0714. The summed E-state index contributed by atoms with van der Waals surface area (Å²) in [4.78, 5) is 8.12. The number of allylic oxidation sites excluding steroid dienone is 1. The second-order valence-corrected chi connectivity index (χ2v) is 3.53. The first-order valence-electron chi connectivity index (χ1n) is 5.35. The van der Waals surface area contributed by atoms with E-state index in [0.717, 1.165) is 5.56 Å². The Morgan fingerprint density at radius 3 is 2.61 bits per heavy atom. The summed E-state index contributed by atoms with van der Waals surface area (Å²) in [7, 11) is 1.58. The smallest absolute Gasteiger partial charge is 0.137 e. The fourth-order valence-electron chi connectivity index (χ4n) is 1.45. The van der Waals surface area contributed by atoms with Gasteiger partial charge in [-0.1, -0.05) is 0 Å². The molecule has 88 valence electrons. The zero-order valence-electron chi connectivity index (χ0n) is 9.87.